The van der Waals surface area contributed by atoms with Gasteiger partial charge in [0.2, 0.25) is 0 Å². The molecule has 1 aromatic carbocycles. The van der Waals surface area contributed by atoms with Crippen LogP contribution in [0.15, 0.2) is 30.3 Å². The average Bonchev–Trinajstić information content (AvgIpc) is 2.40. The third kappa shape index (κ3) is 3.47. The first kappa shape index (κ1) is 13.9. The van der Waals surface area contributed by atoms with Crippen molar-refractivity contribution in [2.45, 2.75) is 32.4 Å². The van der Waals surface area contributed by atoms with E-state index in [-0.39, 0.29) is 24.2 Å². The highest BCUT2D eigenvalue weighted by molar-refractivity contribution is 5.78. The Labute approximate surface area is 114 Å². The van der Waals surface area contributed by atoms with Crippen LogP contribution >= 0.6 is 0 Å². The van der Waals surface area contributed by atoms with Crippen LogP contribution in [0.2, 0.25) is 0 Å². The van der Waals surface area contributed by atoms with Gasteiger partial charge in [-0.05, 0) is 32.9 Å². The van der Waals surface area contributed by atoms with Gasteiger partial charge in [-0.2, -0.15) is 0 Å². The van der Waals surface area contributed by atoms with Gasteiger partial charge in [-0.3, -0.25) is 4.79 Å². The molecule has 0 radical (unpaired) electrons. The fourth-order valence-corrected chi connectivity index (χ4v) is 2.16. The molecule has 0 bridgehead atoms. The van der Waals surface area contributed by atoms with E-state index in [9.17, 15) is 4.79 Å². The summed E-state index contributed by atoms with van der Waals surface area (Å²) >= 11 is 0. The summed E-state index contributed by atoms with van der Waals surface area (Å²) in [6, 6.07) is 9.39. The maximum absolute atomic E-state index is 12.3. The summed E-state index contributed by atoms with van der Waals surface area (Å²) in [5.74, 6) is 0.721. The molecular weight excluding hydrogens is 242 g/mol. The zero-order chi connectivity index (χ0) is 13.9. The van der Waals surface area contributed by atoms with E-state index in [2.05, 4.69) is 0 Å². The number of hydrogen-bond donors (Lipinski definition) is 0. The first-order chi connectivity index (χ1) is 8.99. The van der Waals surface area contributed by atoms with Crippen LogP contribution in [-0.2, 0) is 9.53 Å². The molecule has 1 aliphatic heterocycles. The molecule has 2 rings (SSSR count). The van der Waals surface area contributed by atoms with Crippen molar-refractivity contribution in [3.63, 3.8) is 0 Å². The molecular formula is C15H21NO3. The van der Waals surface area contributed by atoms with Gasteiger partial charge in [0.05, 0.1) is 18.2 Å². The summed E-state index contributed by atoms with van der Waals surface area (Å²) in [6.07, 6.45) is 0.0775. The molecule has 0 aromatic heterocycles. The molecule has 1 unspecified atom stereocenters. The van der Waals surface area contributed by atoms with E-state index in [0.717, 1.165) is 5.75 Å². The van der Waals surface area contributed by atoms with Crippen LogP contribution in [0.4, 0.5) is 0 Å². The number of morpholine rings is 1. The predicted octanol–water partition coefficient (Wildman–Crippen LogP) is 2.09. The lowest BCUT2D eigenvalue weighted by molar-refractivity contribution is -0.154. The normalized spacial score (nSPS) is 22.1. The second-order valence-electron chi connectivity index (χ2n) is 5.54. The van der Waals surface area contributed by atoms with E-state index in [1.165, 1.54) is 0 Å². The van der Waals surface area contributed by atoms with Crippen LogP contribution < -0.4 is 4.74 Å². The number of para-hydroxylation sites is 1. The monoisotopic (exact) mass is 263 g/mol. The first-order valence-electron chi connectivity index (χ1n) is 6.59. The summed E-state index contributed by atoms with van der Waals surface area (Å²) in [5.41, 5.74) is -0.274. The standard InChI is InChI=1S/C15H21NO3/c1-12-9-16(15(2,3)11-19-12)14(17)10-18-13-7-5-4-6-8-13/h4-8,12H,9-11H2,1-3H3. The largest absolute Gasteiger partial charge is 0.484 e. The number of rotatable bonds is 3. The van der Waals surface area contributed by atoms with Crippen molar-refractivity contribution in [2.24, 2.45) is 0 Å². The summed E-state index contributed by atoms with van der Waals surface area (Å²) in [7, 11) is 0. The van der Waals surface area contributed by atoms with Crippen molar-refractivity contribution in [1.29, 1.82) is 0 Å². The van der Waals surface area contributed by atoms with Crippen molar-refractivity contribution >= 4 is 5.91 Å². The van der Waals surface area contributed by atoms with Gasteiger partial charge in [-0.15, -0.1) is 0 Å². The third-order valence-electron chi connectivity index (χ3n) is 3.30. The molecule has 1 fully saturated rings. The zero-order valence-corrected chi connectivity index (χ0v) is 11.8. The highest BCUT2D eigenvalue weighted by atomic mass is 16.5. The van der Waals surface area contributed by atoms with E-state index < -0.39 is 0 Å². The molecule has 0 N–H and O–H groups in total. The number of nitrogens with zero attached hydrogens (tertiary/aromatic N) is 1. The summed E-state index contributed by atoms with van der Waals surface area (Å²) in [4.78, 5) is 14.1. The van der Waals surface area contributed by atoms with Gasteiger partial charge in [0, 0.05) is 6.54 Å². The highest BCUT2D eigenvalue weighted by Gasteiger charge is 2.36. The molecule has 0 aliphatic carbocycles. The Balaban J connectivity index is 1.95. The molecule has 0 saturated carbocycles. The minimum absolute atomic E-state index is 0.00371. The SMILES string of the molecule is CC1CN(C(=O)COc2ccccc2)C(C)(C)CO1. The van der Waals surface area contributed by atoms with Gasteiger partial charge in [-0.25, -0.2) is 0 Å². The van der Waals surface area contributed by atoms with E-state index in [1.807, 2.05) is 56.0 Å². The Morgan fingerprint density at radius 3 is 2.79 bits per heavy atom. The molecule has 0 spiro atoms. The molecule has 4 nitrogen and oxygen atoms in total. The smallest absolute Gasteiger partial charge is 0.261 e. The van der Waals surface area contributed by atoms with Crippen molar-refractivity contribution in [3.05, 3.63) is 30.3 Å². The van der Waals surface area contributed by atoms with Gasteiger partial charge >= 0.3 is 0 Å². The predicted molar refractivity (Wildman–Crippen MR) is 73.1 cm³/mol. The molecule has 19 heavy (non-hydrogen) atoms. The summed E-state index contributed by atoms with van der Waals surface area (Å²) < 4.78 is 11.1. The Hall–Kier alpha value is -1.55. The zero-order valence-electron chi connectivity index (χ0n) is 11.8. The second kappa shape index (κ2) is 5.61. The van der Waals surface area contributed by atoms with E-state index >= 15 is 0 Å². The van der Waals surface area contributed by atoms with Crippen LogP contribution in [0.25, 0.3) is 0 Å². The maximum Gasteiger partial charge on any atom is 0.261 e. The van der Waals surface area contributed by atoms with E-state index in [0.29, 0.717) is 13.2 Å². The Bertz CT molecular complexity index is 430. The number of carbonyl (C=O) groups is 1. The van der Waals surface area contributed by atoms with Gasteiger partial charge in [0.25, 0.3) is 5.91 Å². The van der Waals surface area contributed by atoms with Crippen molar-refractivity contribution in [3.8, 4) is 5.75 Å². The summed E-state index contributed by atoms with van der Waals surface area (Å²) in [6.45, 7) is 7.25. The van der Waals surface area contributed by atoms with Gasteiger partial charge in [0.1, 0.15) is 5.75 Å². The van der Waals surface area contributed by atoms with Crippen molar-refractivity contribution in [1.82, 2.24) is 4.90 Å². The van der Waals surface area contributed by atoms with Crippen LogP contribution in [-0.4, -0.2) is 42.2 Å². The minimum atomic E-state index is -0.274. The average molecular weight is 263 g/mol. The minimum Gasteiger partial charge on any atom is -0.484 e. The quantitative estimate of drug-likeness (QED) is 0.838. The number of benzene rings is 1. The lowest BCUT2D eigenvalue weighted by Crippen LogP contribution is -2.58. The molecule has 4 heteroatoms. The number of carbonyl (C=O) groups excluding carboxylic acids is 1. The molecule has 1 atom stereocenters. The van der Waals surface area contributed by atoms with Gasteiger partial charge in [-0.1, -0.05) is 18.2 Å². The fraction of sp³-hybridized carbons (Fsp3) is 0.533. The lowest BCUT2D eigenvalue weighted by Gasteiger charge is -2.44. The summed E-state index contributed by atoms with van der Waals surface area (Å²) in [5, 5.41) is 0. The number of hydrogen-bond acceptors (Lipinski definition) is 3. The molecule has 1 heterocycles. The van der Waals surface area contributed by atoms with E-state index in [1.54, 1.807) is 0 Å². The van der Waals surface area contributed by atoms with Crippen LogP contribution in [0.1, 0.15) is 20.8 Å². The fourth-order valence-electron chi connectivity index (χ4n) is 2.16. The highest BCUT2D eigenvalue weighted by Crippen LogP contribution is 2.22. The molecule has 1 aliphatic rings. The van der Waals surface area contributed by atoms with E-state index in [4.69, 9.17) is 9.47 Å². The van der Waals surface area contributed by atoms with Crippen molar-refractivity contribution in [2.75, 3.05) is 19.8 Å². The lowest BCUT2D eigenvalue weighted by atomic mass is 10.0. The topological polar surface area (TPSA) is 38.8 Å². The van der Waals surface area contributed by atoms with Crippen LogP contribution in [0, 0.1) is 0 Å². The molecule has 1 amide bonds. The first-order valence-corrected chi connectivity index (χ1v) is 6.59. The van der Waals surface area contributed by atoms with Gasteiger partial charge in [0.15, 0.2) is 6.61 Å². The van der Waals surface area contributed by atoms with Crippen molar-refractivity contribution < 1.29 is 14.3 Å². The van der Waals surface area contributed by atoms with Crippen LogP contribution in [0.5, 0.6) is 5.75 Å². The second-order valence-corrected chi connectivity index (χ2v) is 5.54. The molecule has 1 saturated heterocycles. The Morgan fingerprint density at radius 1 is 1.42 bits per heavy atom. The van der Waals surface area contributed by atoms with Crippen LogP contribution in [0.3, 0.4) is 0 Å². The number of ether oxygens (including phenoxy) is 2. The van der Waals surface area contributed by atoms with Gasteiger partial charge < -0.3 is 14.4 Å². The maximum atomic E-state index is 12.3. The molecule has 1 aromatic rings. The third-order valence-corrected chi connectivity index (χ3v) is 3.30. The molecule has 104 valence electrons. The Morgan fingerprint density at radius 2 is 2.11 bits per heavy atom. The Kier molecular flexibility index (Phi) is 4.10. The number of amides is 1.